The third-order valence-corrected chi connectivity index (χ3v) is 5.43. The number of aromatic nitrogens is 3. The number of fused-ring (bicyclic) bond motifs is 1. The van der Waals surface area contributed by atoms with Gasteiger partial charge >= 0.3 is 0 Å². The molecule has 4 N–H and O–H groups in total. The van der Waals surface area contributed by atoms with E-state index in [0.717, 1.165) is 37.7 Å². The molecular formula is C19H20N6OS. The van der Waals surface area contributed by atoms with E-state index in [2.05, 4.69) is 20.5 Å². The van der Waals surface area contributed by atoms with Gasteiger partial charge in [-0.05, 0) is 17.7 Å². The van der Waals surface area contributed by atoms with Crippen LogP contribution < -0.4 is 16.1 Å². The van der Waals surface area contributed by atoms with Gasteiger partial charge in [0.2, 0.25) is 0 Å². The van der Waals surface area contributed by atoms with Gasteiger partial charge in [-0.1, -0.05) is 30.3 Å². The largest absolute Gasteiger partial charge is 0.385 e. The van der Waals surface area contributed by atoms with Crippen molar-refractivity contribution >= 4 is 38.7 Å². The van der Waals surface area contributed by atoms with E-state index in [1.165, 1.54) is 0 Å². The van der Waals surface area contributed by atoms with Gasteiger partial charge in [0.15, 0.2) is 5.82 Å². The minimum Gasteiger partial charge on any atom is -0.385 e. The van der Waals surface area contributed by atoms with E-state index in [9.17, 15) is 0 Å². The maximum atomic E-state index is 6.27. The van der Waals surface area contributed by atoms with Crippen LogP contribution in [-0.4, -0.2) is 29.3 Å². The van der Waals surface area contributed by atoms with Gasteiger partial charge in [-0.15, -0.1) is 11.3 Å². The fourth-order valence-corrected chi connectivity index (χ4v) is 4.07. The molecule has 0 amide bonds. The molecule has 0 saturated carbocycles. The third-order valence-electron chi connectivity index (χ3n) is 4.26. The summed E-state index contributed by atoms with van der Waals surface area (Å²) < 4.78 is 1.02. The monoisotopic (exact) mass is 380 g/mol. The molecule has 4 aromatic rings. The Morgan fingerprint density at radius 2 is 2.07 bits per heavy atom. The molecule has 0 unspecified atom stereocenters. The van der Waals surface area contributed by atoms with Crippen molar-refractivity contribution in [2.24, 2.45) is 0 Å². The van der Waals surface area contributed by atoms with Gasteiger partial charge < -0.3 is 11.1 Å². The first-order chi connectivity index (χ1) is 13.2. The lowest BCUT2D eigenvalue weighted by atomic mass is 10.2. The van der Waals surface area contributed by atoms with Crippen LogP contribution in [0.5, 0.6) is 0 Å². The number of hydrogen-bond donors (Lipinski definition) is 3. The van der Waals surface area contributed by atoms with E-state index in [1.54, 1.807) is 22.6 Å². The molecule has 3 aromatic heterocycles. The van der Waals surface area contributed by atoms with Crippen molar-refractivity contribution in [2.45, 2.75) is 6.61 Å². The molecule has 27 heavy (non-hydrogen) atoms. The molecule has 7 nitrogen and oxygen atoms in total. The quantitative estimate of drug-likeness (QED) is 0.440. The highest BCUT2D eigenvalue weighted by molar-refractivity contribution is 7.22. The number of hydrogen-bond acceptors (Lipinski definition) is 7. The highest BCUT2D eigenvalue weighted by atomic mass is 32.1. The predicted octanol–water partition coefficient (Wildman–Crippen LogP) is 3.88. The zero-order chi connectivity index (χ0) is 18.8. The van der Waals surface area contributed by atoms with Crippen LogP contribution >= 0.6 is 11.3 Å². The first-order valence-corrected chi connectivity index (χ1v) is 9.30. The summed E-state index contributed by atoms with van der Waals surface area (Å²) >= 11 is 1.63. The number of nitrogens with one attached hydrogen (secondary N) is 2. The molecule has 1 aromatic carbocycles. The second-order valence-electron chi connectivity index (χ2n) is 6.02. The number of nitrogens with zero attached hydrogens (tertiary/aromatic N) is 3. The van der Waals surface area contributed by atoms with Crippen molar-refractivity contribution in [1.29, 1.82) is 0 Å². The second-order valence-corrected chi connectivity index (χ2v) is 7.07. The number of anilines is 3. The fourth-order valence-electron chi connectivity index (χ4n) is 2.95. The van der Waals surface area contributed by atoms with Crippen LogP contribution in [0.1, 0.15) is 5.56 Å². The molecule has 0 bridgehead atoms. The van der Waals surface area contributed by atoms with Gasteiger partial charge in [-0.25, -0.2) is 4.98 Å². The number of nitrogen functional groups attached to an aromatic ring is 1. The molecule has 8 heteroatoms. The van der Waals surface area contributed by atoms with E-state index < -0.39 is 0 Å². The Balaban J connectivity index is 1.70. The lowest BCUT2D eigenvalue weighted by Gasteiger charge is -2.23. The second kappa shape index (κ2) is 7.26. The summed E-state index contributed by atoms with van der Waals surface area (Å²) in [6.45, 7) is 0.446. The minimum atomic E-state index is 0.413. The summed E-state index contributed by atoms with van der Waals surface area (Å²) in [6.07, 6.45) is 1.73. The highest BCUT2D eigenvalue weighted by Crippen LogP contribution is 2.43. The summed E-state index contributed by atoms with van der Waals surface area (Å²) in [5.41, 5.74) is 10.8. The summed E-state index contributed by atoms with van der Waals surface area (Å²) in [4.78, 5) is 11.6. The van der Waals surface area contributed by atoms with Gasteiger partial charge in [0.1, 0.15) is 5.69 Å². The van der Waals surface area contributed by atoms with Gasteiger partial charge in [0.05, 0.1) is 33.1 Å². The Kier molecular flexibility index (Phi) is 4.66. The van der Waals surface area contributed by atoms with E-state index in [4.69, 9.17) is 10.6 Å². The van der Waals surface area contributed by atoms with Crippen molar-refractivity contribution in [3.8, 4) is 10.6 Å². The van der Waals surface area contributed by atoms with Crippen LogP contribution in [-0.2, 0) is 11.4 Å². The number of H-pyrrole nitrogens is 1. The number of benzene rings is 1. The number of hydroxylamine groups is 1. The van der Waals surface area contributed by atoms with Crippen molar-refractivity contribution in [2.75, 3.05) is 30.2 Å². The van der Waals surface area contributed by atoms with Crippen molar-refractivity contribution < 1.29 is 4.84 Å². The van der Waals surface area contributed by atoms with Crippen LogP contribution in [0.3, 0.4) is 0 Å². The predicted molar refractivity (Wildman–Crippen MR) is 111 cm³/mol. The standard InChI is InChI=1S/C19H20N6OS/c1-21-16-17(25(2)26-11-12-6-4-3-5-7-12)19(20)23-14-10-15(27-18(14)16)13-8-9-22-24-13/h3-10H,11H2,1-2H3,(H,22,24)(H3,20,21,23). The molecule has 4 rings (SSSR count). The lowest BCUT2D eigenvalue weighted by Crippen LogP contribution is -2.20. The Hall–Kier alpha value is -3.10. The van der Waals surface area contributed by atoms with Gasteiger partial charge in [-0.3, -0.25) is 15.0 Å². The smallest absolute Gasteiger partial charge is 0.152 e. The Morgan fingerprint density at radius 3 is 2.78 bits per heavy atom. The molecule has 0 fully saturated rings. The zero-order valence-corrected chi connectivity index (χ0v) is 15.9. The average Bonchev–Trinajstić information content (AvgIpc) is 3.35. The molecular weight excluding hydrogens is 360 g/mol. The summed E-state index contributed by atoms with van der Waals surface area (Å²) in [7, 11) is 3.71. The third kappa shape index (κ3) is 3.32. The van der Waals surface area contributed by atoms with Gasteiger partial charge in [0, 0.05) is 20.3 Å². The molecule has 138 valence electrons. The van der Waals surface area contributed by atoms with Crippen LogP contribution in [0.15, 0.2) is 48.7 Å². The number of rotatable bonds is 6. The lowest BCUT2D eigenvalue weighted by molar-refractivity contribution is 0.109. The molecule has 3 heterocycles. The maximum absolute atomic E-state index is 6.27. The minimum absolute atomic E-state index is 0.413. The van der Waals surface area contributed by atoms with Crippen LogP contribution in [0.4, 0.5) is 17.2 Å². The van der Waals surface area contributed by atoms with E-state index in [0.29, 0.717) is 12.4 Å². The summed E-state index contributed by atoms with van der Waals surface area (Å²) in [6, 6.07) is 13.9. The fraction of sp³-hybridized carbons (Fsp3) is 0.158. The molecule has 0 aliphatic rings. The number of pyridine rings is 1. The Labute approximate surface area is 160 Å². The topological polar surface area (TPSA) is 92.1 Å². The Morgan fingerprint density at radius 1 is 1.26 bits per heavy atom. The van der Waals surface area contributed by atoms with Gasteiger partial charge in [-0.2, -0.15) is 5.10 Å². The summed E-state index contributed by atoms with van der Waals surface area (Å²) in [5.74, 6) is 0.413. The van der Waals surface area contributed by atoms with Crippen molar-refractivity contribution in [3.05, 3.63) is 54.2 Å². The number of nitrogens with two attached hydrogens (primary N) is 1. The average molecular weight is 380 g/mol. The van der Waals surface area contributed by atoms with Crippen molar-refractivity contribution in [3.63, 3.8) is 0 Å². The molecule has 0 spiro atoms. The van der Waals surface area contributed by atoms with Crippen LogP contribution in [0.25, 0.3) is 20.8 Å². The first-order valence-electron chi connectivity index (χ1n) is 8.48. The maximum Gasteiger partial charge on any atom is 0.152 e. The Bertz CT molecular complexity index is 1050. The van der Waals surface area contributed by atoms with E-state index in [1.807, 2.05) is 56.6 Å². The zero-order valence-electron chi connectivity index (χ0n) is 15.1. The van der Waals surface area contributed by atoms with Crippen LogP contribution in [0, 0.1) is 0 Å². The normalized spacial score (nSPS) is 11.0. The number of aromatic amines is 1. The SMILES string of the molecule is CNc1c(N(C)OCc2ccccc2)c(N)nc2cc(-c3ccn[nH]3)sc12. The summed E-state index contributed by atoms with van der Waals surface area (Å²) in [5, 5.41) is 11.9. The molecule has 0 radical (unpaired) electrons. The first kappa shape index (κ1) is 17.3. The van der Waals surface area contributed by atoms with Crippen molar-refractivity contribution in [1.82, 2.24) is 15.2 Å². The highest BCUT2D eigenvalue weighted by Gasteiger charge is 2.20. The molecule has 0 aliphatic heterocycles. The van der Waals surface area contributed by atoms with E-state index >= 15 is 0 Å². The number of thiophene rings is 1. The van der Waals surface area contributed by atoms with Crippen LogP contribution in [0.2, 0.25) is 0 Å². The molecule has 0 atom stereocenters. The van der Waals surface area contributed by atoms with E-state index in [-0.39, 0.29) is 0 Å². The van der Waals surface area contributed by atoms with Gasteiger partial charge in [0.25, 0.3) is 0 Å². The molecule has 0 aliphatic carbocycles. The molecule has 0 saturated heterocycles.